The van der Waals surface area contributed by atoms with Crippen molar-refractivity contribution in [1.29, 1.82) is 0 Å². The van der Waals surface area contributed by atoms with Gasteiger partial charge in [-0.25, -0.2) is 9.97 Å². The highest BCUT2D eigenvalue weighted by molar-refractivity contribution is 6.09. The quantitative estimate of drug-likeness (QED) is 0.252. The lowest BCUT2D eigenvalue weighted by atomic mass is 10.0. The van der Waals surface area contributed by atoms with Crippen LogP contribution in [-0.2, 0) is 0 Å². The predicted molar refractivity (Wildman–Crippen MR) is 156 cm³/mol. The second kappa shape index (κ2) is 8.15. The number of pyridine rings is 2. The fourth-order valence-corrected chi connectivity index (χ4v) is 5.77. The van der Waals surface area contributed by atoms with Crippen LogP contribution >= 0.6 is 0 Å². The Bertz CT molecular complexity index is 1900. The fourth-order valence-electron chi connectivity index (χ4n) is 5.77. The molecular weight excluding hydrogens is 464 g/mol. The summed E-state index contributed by atoms with van der Waals surface area (Å²) in [5.41, 5.74) is 8.60. The molecule has 4 heteroatoms. The molecule has 0 atom stereocenters. The maximum absolute atomic E-state index is 4.83. The molecule has 0 aliphatic carbocycles. The highest BCUT2D eigenvalue weighted by atomic mass is 15.1. The molecule has 0 saturated carbocycles. The summed E-state index contributed by atoms with van der Waals surface area (Å²) in [5, 5.41) is 4.68. The Hall–Kier alpha value is -5.22. The second-order valence-electron chi connectivity index (χ2n) is 9.56. The van der Waals surface area contributed by atoms with E-state index in [1.54, 1.807) is 0 Å². The van der Waals surface area contributed by atoms with E-state index >= 15 is 0 Å². The molecule has 178 valence electrons. The van der Waals surface area contributed by atoms with Gasteiger partial charge in [-0.3, -0.25) is 9.13 Å². The van der Waals surface area contributed by atoms with Crippen molar-refractivity contribution in [2.75, 3.05) is 0 Å². The van der Waals surface area contributed by atoms with Gasteiger partial charge in [0.25, 0.3) is 0 Å². The Morgan fingerprint density at radius 3 is 1.42 bits per heavy atom. The third-order valence-corrected chi connectivity index (χ3v) is 7.39. The SMILES string of the molecule is c1ccc(-c2cc(-n3c4ccccc4c4cccnc43)cc(-n3c4ccccc4c4cccnc43)c2)cc1. The predicted octanol–water partition coefficient (Wildman–Crippen LogP) is 8.34. The van der Waals surface area contributed by atoms with Crippen LogP contribution in [0, 0.1) is 0 Å². The van der Waals surface area contributed by atoms with E-state index in [2.05, 4.69) is 118 Å². The van der Waals surface area contributed by atoms with E-state index in [-0.39, 0.29) is 0 Å². The zero-order valence-corrected chi connectivity index (χ0v) is 20.5. The summed E-state index contributed by atoms with van der Waals surface area (Å²) in [6, 6.07) is 42.7. The lowest BCUT2D eigenvalue weighted by molar-refractivity contribution is 1.10. The molecule has 0 N–H and O–H groups in total. The van der Waals surface area contributed by atoms with Gasteiger partial charge in [0.15, 0.2) is 0 Å². The van der Waals surface area contributed by atoms with Crippen molar-refractivity contribution in [3.05, 3.63) is 134 Å². The Morgan fingerprint density at radius 2 is 0.868 bits per heavy atom. The van der Waals surface area contributed by atoms with Gasteiger partial charge in [0.05, 0.1) is 22.4 Å². The van der Waals surface area contributed by atoms with Crippen LogP contribution in [0.4, 0.5) is 0 Å². The van der Waals surface area contributed by atoms with Gasteiger partial charge in [0, 0.05) is 33.9 Å². The third kappa shape index (κ3) is 3.04. The van der Waals surface area contributed by atoms with E-state index in [4.69, 9.17) is 9.97 Å². The molecule has 0 unspecified atom stereocenters. The van der Waals surface area contributed by atoms with Crippen LogP contribution in [0.5, 0.6) is 0 Å². The van der Waals surface area contributed by atoms with E-state index in [1.807, 2.05) is 24.5 Å². The molecule has 0 aliphatic heterocycles. The van der Waals surface area contributed by atoms with Gasteiger partial charge in [0.2, 0.25) is 0 Å². The van der Waals surface area contributed by atoms with Gasteiger partial charge in [-0.05, 0) is 65.7 Å². The number of aromatic nitrogens is 4. The largest absolute Gasteiger partial charge is 0.294 e. The number of fused-ring (bicyclic) bond motifs is 6. The van der Waals surface area contributed by atoms with Gasteiger partial charge in [-0.15, -0.1) is 0 Å². The number of hydrogen-bond donors (Lipinski definition) is 0. The van der Waals surface area contributed by atoms with E-state index < -0.39 is 0 Å². The van der Waals surface area contributed by atoms with E-state index in [1.165, 1.54) is 10.8 Å². The summed E-state index contributed by atoms with van der Waals surface area (Å²) in [4.78, 5) is 9.67. The number of para-hydroxylation sites is 2. The summed E-state index contributed by atoms with van der Waals surface area (Å²) in [6.45, 7) is 0. The zero-order valence-electron chi connectivity index (χ0n) is 20.5. The number of rotatable bonds is 3. The molecule has 38 heavy (non-hydrogen) atoms. The van der Waals surface area contributed by atoms with Crippen LogP contribution in [-0.4, -0.2) is 19.1 Å². The Morgan fingerprint density at radius 1 is 0.395 bits per heavy atom. The summed E-state index contributed by atoms with van der Waals surface area (Å²) < 4.78 is 4.56. The maximum Gasteiger partial charge on any atom is 0.145 e. The first-order valence-corrected chi connectivity index (χ1v) is 12.8. The van der Waals surface area contributed by atoms with Crippen molar-refractivity contribution in [2.24, 2.45) is 0 Å². The summed E-state index contributed by atoms with van der Waals surface area (Å²) in [5.74, 6) is 0. The lowest BCUT2D eigenvalue weighted by Crippen LogP contribution is -2.01. The molecule has 4 aromatic carbocycles. The smallest absolute Gasteiger partial charge is 0.145 e. The molecule has 0 radical (unpaired) electrons. The van der Waals surface area contributed by atoms with Crippen molar-refractivity contribution in [3.63, 3.8) is 0 Å². The Kier molecular flexibility index (Phi) is 4.49. The first-order valence-electron chi connectivity index (χ1n) is 12.8. The molecule has 0 fully saturated rings. The highest BCUT2D eigenvalue weighted by Crippen LogP contribution is 2.36. The van der Waals surface area contributed by atoms with Gasteiger partial charge in [-0.1, -0.05) is 66.7 Å². The summed E-state index contributed by atoms with van der Waals surface area (Å²) in [6.07, 6.45) is 3.74. The molecule has 0 saturated heterocycles. The average Bonchev–Trinajstić information content (AvgIpc) is 3.51. The minimum Gasteiger partial charge on any atom is -0.294 e. The van der Waals surface area contributed by atoms with E-state index in [0.29, 0.717) is 0 Å². The summed E-state index contributed by atoms with van der Waals surface area (Å²) in [7, 11) is 0. The molecule has 4 heterocycles. The van der Waals surface area contributed by atoms with E-state index in [0.717, 1.165) is 55.6 Å². The maximum atomic E-state index is 4.83. The first kappa shape index (κ1) is 20.9. The molecule has 8 aromatic rings. The topological polar surface area (TPSA) is 35.6 Å². The zero-order chi connectivity index (χ0) is 25.1. The Balaban J connectivity index is 1.51. The minimum absolute atomic E-state index is 0.949. The Labute approximate surface area is 219 Å². The summed E-state index contributed by atoms with van der Waals surface area (Å²) >= 11 is 0. The minimum atomic E-state index is 0.949. The van der Waals surface area contributed by atoms with Crippen LogP contribution in [0.1, 0.15) is 0 Å². The van der Waals surface area contributed by atoms with Crippen molar-refractivity contribution < 1.29 is 0 Å². The third-order valence-electron chi connectivity index (χ3n) is 7.39. The van der Waals surface area contributed by atoms with Gasteiger partial charge >= 0.3 is 0 Å². The average molecular weight is 487 g/mol. The molecule has 0 aliphatic rings. The molecule has 4 aromatic heterocycles. The standard InChI is InChI=1S/C34H22N4/c1-2-10-23(11-3-1)24-20-25(37-31-16-6-4-12-27(31)29-14-8-18-35-33(29)37)22-26(21-24)38-32-17-7-5-13-28(32)30-15-9-19-36-34(30)38/h1-22H. The van der Waals surface area contributed by atoms with Gasteiger partial charge in [0.1, 0.15) is 11.3 Å². The van der Waals surface area contributed by atoms with Crippen LogP contribution in [0.3, 0.4) is 0 Å². The second-order valence-corrected chi connectivity index (χ2v) is 9.56. The van der Waals surface area contributed by atoms with Crippen molar-refractivity contribution >= 4 is 43.9 Å². The number of hydrogen-bond acceptors (Lipinski definition) is 2. The normalized spacial score (nSPS) is 11.7. The fraction of sp³-hybridized carbons (Fsp3) is 0. The molecule has 4 nitrogen and oxygen atoms in total. The van der Waals surface area contributed by atoms with Gasteiger partial charge < -0.3 is 0 Å². The van der Waals surface area contributed by atoms with Crippen LogP contribution < -0.4 is 0 Å². The van der Waals surface area contributed by atoms with Crippen LogP contribution in [0.15, 0.2) is 134 Å². The molecule has 0 spiro atoms. The molecule has 0 bridgehead atoms. The van der Waals surface area contributed by atoms with Crippen molar-refractivity contribution in [1.82, 2.24) is 19.1 Å². The van der Waals surface area contributed by atoms with E-state index in [9.17, 15) is 0 Å². The highest BCUT2D eigenvalue weighted by Gasteiger charge is 2.17. The molecule has 0 amide bonds. The monoisotopic (exact) mass is 486 g/mol. The molecular formula is C34H22N4. The van der Waals surface area contributed by atoms with Crippen molar-refractivity contribution in [3.8, 4) is 22.5 Å². The number of benzene rings is 4. The first-order chi connectivity index (χ1) is 18.9. The van der Waals surface area contributed by atoms with Crippen molar-refractivity contribution in [2.45, 2.75) is 0 Å². The number of nitrogens with zero attached hydrogens (tertiary/aromatic N) is 4. The van der Waals surface area contributed by atoms with Gasteiger partial charge in [-0.2, -0.15) is 0 Å². The molecule has 8 rings (SSSR count). The van der Waals surface area contributed by atoms with Crippen LogP contribution in [0.25, 0.3) is 66.4 Å². The lowest BCUT2D eigenvalue weighted by Gasteiger charge is -2.15. The van der Waals surface area contributed by atoms with Crippen LogP contribution in [0.2, 0.25) is 0 Å².